The smallest absolute Gasteiger partial charge is 0.246 e. The van der Waals surface area contributed by atoms with Crippen LogP contribution in [0.2, 0.25) is 5.02 Å². The highest BCUT2D eigenvalue weighted by atomic mass is 35.5. The number of rotatable bonds is 3. The highest BCUT2D eigenvalue weighted by Gasteiger charge is 2.69. The van der Waals surface area contributed by atoms with Crippen LogP contribution in [0.3, 0.4) is 0 Å². The van der Waals surface area contributed by atoms with Crippen LogP contribution in [0.1, 0.15) is 29.9 Å². The average molecular weight is 553 g/mol. The number of carbonyl (C=O) groups is 4. The van der Waals surface area contributed by atoms with Gasteiger partial charge in [-0.15, -0.1) is 0 Å². The number of fused-ring (bicyclic) bond motifs is 4. The second-order valence-corrected chi connectivity index (χ2v) is 11.5. The van der Waals surface area contributed by atoms with E-state index in [4.69, 9.17) is 11.6 Å². The number of carbonyl (C=O) groups excluding carboxylic acids is 4. The second-order valence-electron chi connectivity index (χ2n) is 11.0. The van der Waals surface area contributed by atoms with E-state index in [1.165, 1.54) is 4.90 Å². The molecule has 3 fully saturated rings. The fourth-order valence-corrected chi connectivity index (χ4v) is 7.92. The lowest BCUT2D eigenvalue weighted by Gasteiger charge is -2.50. The summed E-state index contributed by atoms with van der Waals surface area (Å²) in [5, 5.41) is 13.4. The van der Waals surface area contributed by atoms with Crippen molar-refractivity contribution in [2.45, 2.75) is 24.2 Å². The standard InChI is InChI=1S/C32H25ClN2O5/c33-19-9-5-10-20(15-19)35-30(39)25-16-24-22(12-13-23-26(24)29(38)34-28(23)37)27(17-6-4-11-21(36)14-17)32(25,31(35)40)18-7-2-1-3-8-18/h1-12,14-15,23-27,36H,13,16H2,(H,34,37,38)/t23-,24+,25-,26-,27-,32+/m0/s1. The van der Waals surface area contributed by atoms with Crippen LogP contribution < -0.4 is 10.2 Å². The second kappa shape index (κ2) is 8.89. The molecule has 0 spiro atoms. The number of anilines is 1. The Morgan fingerprint density at radius 3 is 2.40 bits per heavy atom. The first-order valence-electron chi connectivity index (χ1n) is 13.4. The number of hydrogen-bond acceptors (Lipinski definition) is 5. The largest absolute Gasteiger partial charge is 0.508 e. The molecule has 0 unspecified atom stereocenters. The van der Waals surface area contributed by atoms with E-state index in [9.17, 15) is 24.3 Å². The number of imide groups is 2. The predicted octanol–water partition coefficient (Wildman–Crippen LogP) is 4.50. The fourth-order valence-electron chi connectivity index (χ4n) is 7.73. The lowest BCUT2D eigenvalue weighted by molar-refractivity contribution is -0.128. The molecule has 0 bridgehead atoms. The van der Waals surface area contributed by atoms with Crippen molar-refractivity contribution in [3.8, 4) is 5.75 Å². The molecular formula is C32H25ClN2O5. The van der Waals surface area contributed by atoms with Crippen molar-refractivity contribution >= 4 is 40.9 Å². The maximum absolute atomic E-state index is 14.9. The Hall–Kier alpha value is -4.23. The Balaban J connectivity index is 1.52. The van der Waals surface area contributed by atoms with Crippen LogP contribution in [0.5, 0.6) is 5.75 Å². The molecule has 4 aliphatic rings. The van der Waals surface area contributed by atoms with Crippen molar-refractivity contribution in [3.05, 3.63) is 107 Å². The first-order chi connectivity index (χ1) is 19.3. The Morgan fingerprint density at radius 1 is 0.875 bits per heavy atom. The molecule has 0 aromatic heterocycles. The summed E-state index contributed by atoms with van der Waals surface area (Å²) in [5.74, 6) is -4.37. The van der Waals surface area contributed by atoms with Gasteiger partial charge in [-0.1, -0.05) is 71.8 Å². The monoisotopic (exact) mass is 552 g/mol. The quantitative estimate of drug-likeness (QED) is 0.368. The molecule has 2 aliphatic heterocycles. The Kier molecular flexibility index (Phi) is 5.51. The number of phenols is 1. The Bertz CT molecular complexity index is 1630. The van der Waals surface area contributed by atoms with Gasteiger partial charge in [-0.2, -0.15) is 0 Å². The maximum Gasteiger partial charge on any atom is 0.246 e. The van der Waals surface area contributed by atoms with E-state index in [0.29, 0.717) is 28.3 Å². The Morgan fingerprint density at radius 2 is 1.65 bits per heavy atom. The molecule has 3 aromatic carbocycles. The lowest BCUT2D eigenvalue weighted by Crippen LogP contribution is -2.53. The van der Waals surface area contributed by atoms with Crippen molar-refractivity contribution in [1.29, 1.82) is 0 Å². The van der Waals surface area contributed by atoms with E-state index in [-0.39, 0.29) is 35.8 Å². The van der Waals surface area contributed by atoms with Gasteiger partial charge in [-0.25, -0.2) is 4.90 Å². The maximum atomic E-state index is 14.9. The highest BCUT2D eigenvalue weighted by molar-refractivity contribution is 6.32. The van der Waals surface area contributed by atoms with Gasteiger partial charge in [0.2, 0.25) is 23.6 Å². The topological polar surface area (TPSA) is 104 Å². The van der Waals surface area contributed by atoms with Crippen LogP contribution in [-0.4, -0.2) is 28.7 Å². The minimum Gasteiger partial charge on any atom is -0.508 e. The minimum atomic E-state index is -1.34. The van der Waals surface area contributed by atoms with Crippen molar-refractivity contribution in [2.24, 2.45) is 23.7 Å². The molecule has 7 nitrogen and oxygen atoms in total. The SMILES string of the molecule is O=C1NC(=O)[C@H]2CC=C3[C@@H](C[C@H]4C(=O)N(c5cccc(Cl)c5)C(=O)[C@@]4(c4ccccc4)[C@H]3c3cccc(O)c3)[C@@H]12. The zero-order valence-electron chi connectivity index (χ0n) is 21.3. The summed E-state index contributed by atoms with van der Waals surface area (Å²) in [4.78, 5) is 56.3. The minimum absolute atomic E-state index is 0.0333. The molecule has 8 heteroatoms. The van der Waals surface area contributed by atoms with Gasteiger partial charge < -0.3 is 5.11 Å². The highest BCUT2D eigenvalue weighted by Crippen LogP contribution is 2.64. The third-order valence-corrected chi connectivity index (χ3v) is 9.45. The molecule has 2 heterocycles. The number of amides is 4. The molecule has 0 radical (unpaired) electrons. The number of halogens is 1. The summed E-state index contributed by atoms with van der Waals surface area (Å²) in [6.45, 7) is 0. The molecule has 6 atom stereocenters. The molecule has 200 valence electrons. The number of phenolic OH excluding ortho intramolecular Hbond substituents is 1. The van der Waals surface area contributed by atoms with Gasteiger partial charge in [0.05, 0.1) is 28.9 Å². The molecule has 2 aliphatic carbocycles. The van der Waals surface area contributed by atoms with E-state index in [1.54, 1.807) is 42.5 Å². The van der Waals surface area contributed by atoms with Gasteiger partial charge in [0, 0.05) is 10.9 Å². The number of benzene rings is 3. The molecule has 4 amide bonds. The van der Waals surface area contributed by atoms with Gasteiger partial charge >= 0.3 is 0 Å². The molecule has 40 heavy (non-hydrogen) atoms. The van der Waals surface area contributed by atoms with Crippen LogP contribution in [-0.2, 0) is 24.6 Å². The van der Waals surface area contributed by atoms with Crippen molar-refractivity contribution in [2.75, 3.05) is 4.90 Å². The molecule has 2 saturated heterocycles. The number of hydrogen-bond donors (Lipinski definition) is 2. The average Bonchev–Trinajstić information content (AvgIpc) is 3.37. The van der Waals surface area contributed by atoms with Gasteiger partial charge in [0.1, 0.15) is 5.75 Å². The first-order valence-corrected chi connectivity index (χ1v) is 13.7. The Labute approximate surface area is 235 Å². The number of nitrogens with one attached hydrogen (secondary N) is 1. The van der Waals surface area contributed by atoms with Gasteiger partial charge in [-0.05, 0) is 60.2 Å². The summed E-state index contributed by atoms with van der Waals surface area (Å²) in [6.07, 6.45) is 2.58. The molecular weight excluding hydrogens is 528 g/mol. The van der Waals surface area contributed by atoms with E-state index in [1.807, 2.05) is 42.5 Å². The first kappa shape index (κ1) is 24.8. The van der Waals surface area contributed by atoms with E-state index >= 15 is 0 Å². The van der Waals surface area contributed by atoms with E-state index in [0.717, 1.165) is 5.57 Å². The summed E-state index contributed by atoms with van der Waals surface area (Å²) in [7, 11) is 0. The summed E-state index contributed by atoms with van der Waals surface area (Å²) in [6, 6.07) is 22.7. The summed E-state index contributed by atoms with van der Waals surface area (Å²) < 4.78 is 0. The van der Waals surface area contributed by atoms with Crippen LogP contribution in [0.15, 0.2) is 90.5 Å². The number of aromatic hydroxyl groups is 1. The summed E-state index contributed by atoms with van der Waals surface area (Å²) in [5.41, 5.74) is 1.24. The predicted molar refractivity (Wildman–Crippen MR) is 147 cm³/mol. The molecule has 2 N–H and O–H groups in total. The van der Waals surface area contributed by atoms with Crippen LogP contribution >= 0.6 is 11.6 Å². The van der Waals surface area contributed by atoms with Gasteiger partial charge in [-0.3, -0.25) is 24.5 Å². The van der Waals surface area contributed by atoms with E-state index in [2.05, 4.69) is 5.32 Å². The lowest BCUT2D eigenvalue weighted by atomic mass is 9.49. The van der Waals surface area contributed by atoms with Gasteiger partial charge in [0.25, 0.3) is 0 Å². The van der Waals surface area contributed by atoms with Gasteiger partial charge in [0.15, 0.2) is 0 Å². The molecule has 7 rings (SSSR count). The third-order valence-electron chi connectivity index (χ3n) is 9.21. The van der Waals surface area contributed by atoms with Crippen LogP contribution in [0.25, 0.3) is 0 Å². The van der Waals surface area contributed by atoms with Crippen molar-refractivity contribution in [3.63, 3.8) is 0 Å². The fraction of sp³-hybridized carbons (Fsp3) is 0.250. The third kappa shape index (κ3) is 3.30. The zero-order valence-corrected chi connectivity index (χ0v) is 22.0. The van der Waals surface area contributed by atoms with Crippen molar-refractivity contribution < 1.29 is 24.3 Å². The molecule has 3 aromatic rings. The van der Waals surface area contributed by atoms with Crippen LogP contribution in [0.4, 0.5) is 5.69 Å². The normalized spacial score (nSPS) is 30.9. The number of allylic oxidation sites excluding steroid dienone is 2. The zero-order chi connectivity index (χ0) is 27.8. The molecule has 1 saturated carbocycles. The summed E-state index contributed by atoms with van der Waals surface area (Å²) >= 11 is 6.29. The van der Waals surface area contributed by atoms with Crippen molar-refractivity contribution in [1.82, 2.24) is 5.32 Å². The number of nitrogens with zero attached hydrogens (tertiary/aromatic N) is 1. The van der Waals surface area contributed by atoms with Crippen LogP contribution in [0, 0.1) is 23.7 Å². The van der Waals surface area contributed by atoms with E-state index < -0.39 is 35.0 Å².